The number of fused-ring (bicyclic) bond motifs is 3. The second-order valence-corrected chi connectivity index (χ2v) is 4.86. The molecule has 1 N–H and O–H groups in total. The summed E-state index contributed by atoms with van der Waals surface area (Å²) in [6.45, 7) is 0. The molecule has 1 aromatic carbocycles. The van der Waals surface area contributed by atoms with E-state index in [0.717, 1.165) is 22.6 Å². The van der Waals surface area contributed by atoms with Crippen LogP contribution >= 0.6 is 0 Å². The van der Waals surface area contributed by atoms with Crippen LogP contribution in [-0.4, -0.2) is 37.7 Å². The van der Waals surface area contributed by atoms with E-state index < -0.39 is 6.10 Å². The average molecular weight is 259 g/mol. The number of aliphatic hydroxyl groups excluding tert-OH is 1. The first-order valence-corrected chi connectivity index (χ1v) is 6.40. The lowest BCUT2D eigenvalue weighted by molar-refractivity contribution is 0.117. The van der Waals surface area contributed by atoms with Crippen molar-refractivity contribution in [3.8, 4) is 11.5 Å². The smallest absolute Gasteiger partial charge is 0.166 e. The van der Waals surface area contributed by atoms with E-state index in [4.69, 9.17) is 9.47 Å². The zero-order valence-electron chi connectivity index (χ0n) is 11.0. The van der Waals surface area contributed by atoms with Crippen molar-refractivity contribution in [2.45, 2.75) is 24.5 Å². The Morgan fingerprint density at radius 3 is 3.00 bits per heavy atom. The first kappa shape index (κ1) is 12.2. The van der Waals surface area contributed by atoms with E-state index >= 15 is 0 Å². The summed E-state index contributed by atoms with van der Waals surface area (Å²) in [5.41, 5.74) is 2.16. The van der Waals surface area contributed by atoms with Crippen molar-refractivity contribution >= 4 is 6.21 Å². The molecule has 0 radical (unpaired) electrons. The summed E-state index contributed by atoms with van der Waals surface area (Å²) < 4.78 is 11.4. The fraction of sp³-hybridized carbons (Fsp3) is 0.400. The Morgan fingerprint density at radius 1 is 1.42 bits per heavy atom. The molecule has 1 aromatic rings. The number of hydrogen-bond donors (Lipinski definition) is 1. The lowest BCUT2D eigenvalue weighted by Gasteiger charge is -2.22. The molecule has 0 saturated carbocycles. The molecule has 0 bridgehead atoms. The van der Waals surface area contributed by atoms with Gasteiger partial charge in [0.25, 0.3) is 0 Å². The van der Waals surface area contributed by atoms with E-state index in [0.29, 0.717) is 6.42 Å². The van der Waals surface area contributed by atoms with Gasteiger partial charge in [0, 0.05) is 36.7 Å². The minimum Gasteiger partial charge on any atom is -0.493 e. The molecule has 3 rings (SSSR count). The molecule has 2 aliphatic rings. The zero-order valence-corrected chi connectivity index (χ0v) is 11.0. The molecule has 4 nitrogen and oxygen atoms in total. The summed E-state index contributed by atoms with van der Waals surface area (Å²) in [5.74, 6) is 1.69. The van der Waals surface area contributed by atoms with Crippen LogP contribution in [0.3, 0.4) is 0 Å². The predicted molar refractivity (Wildman–Crippen MR) is 73.4 cm³/mol. The van der Waals surface area contributed by atoms with Crippen molar-refractivity contribution in [3.63, 3.8) is 0 Å². The van der Waals surface area contributed by atoms with E-state index in [1.807, 2.05) is 30.5 Å². The first-order valence-electron chi connectivity index (χ1n) is 6.40. The van der Waals surface area contributed by atoms with Gasteiger partial charge in [-0.05, 0) is 12.1 Å². The van der Waals surface area contributed by atoms with Gasteiger partial charge in [-0.1, -0.05) is 12.2 Å². The van der Waals surface area contributed by atoms with Gasteiger partial charge in [-0.25, -0.2) is 0 Å². The number of aliphatic hydroxyl groups is 1. The van der Waals surface area contributed by atoms with Crippen LogP contribution in [0.4, 0.5) is 0 Å². The number of hydrogen-bond acceptors (Lipinski definition) is 4. The monoisotopic (exact) mass is 259 g/mol. The van der Waals surface area contributed by atoms with E-state index in [1.54, 1.807) is 14.2 Å². The minimum atomic E-state index is -0.426. The van der Waals surface area contributed by atoms with E-state index in [-0.39, 0.29) is 12.0 Å². The highest BCUT2D eigenvalue weighted by atomic mass is 16.5. The lowest BCUT2D eigenvalue weighted by atomic mass is 9.85. The fourth-order valence-corrected chi connectivity index (χ4v) is 2.86. The van der Waals surface area contributed by atoms with E-state index in [2.05, 4.69) is 4.99 Å². The van der Waals surface area contributed by atoms with Crippen LogP contribution in [0.25, 0.3) is 0 Å². The molecule has 0 aromatic heterocycles. The van der Waals surface area contributed by atoms with Crippen LogP contribution in [0.5, 0.6) is 11.5 Å². The average Bonchev–Trinajstić information content (AvgIpc) is 2.78. The summed E-state index contributed by atoms with van der Waals surface area (Å²) in [6, 6.07) is 3.89. The van der Waals surface area contributed by atoms with Gasteiger partial charge in [0.15, 0.2) is 11.5 Å². The van der Waals surface area contributed by atoms with Crippen molar-refractivity contribution in [1.29, 1.82) is 0 Å². The van der Waals surface area contributed by atoms with Crippen molar-refractivity contribution < 1.29 is 14.6 Å². The highest BCUT2D eigenvalue weighted by molar-refractivity contribution is 5.85. The summed E-state index contributed by atoms with van der Waals surface area (Å²) in [5, 5.41) is 9.71. The normalized spacial score (nSPS) is 28.1. The Labute approximate surface area is 112 Å². The van der Waals surface area contributed by atoms with Gasteiger partial charge in [-0.2, -0.15) is 0 Å². The molecule has 1 unspecified atom stereocenters. The molecule has 0 saturated heterocycles. The topological polar surface area (TPSA) is 51.0 Å². The van der Waals surface area contributed by atoms with Gasteiger partial charge < -0.3 is 14.6 Å². The highest BCUT2D eigenvalue weighted by Crippen LogP contribution is 2.48. The van der Waals surface area contributed by atoms with Crippen LogP contribution in [0.1, 0.15) is 23.5 Å². The maximum absolute atomic E-state index is 9.71. The van der Waals surface area contributed by atoms with Gasteiger partial charge >= 0.3 is 0 Å². The Morgan fingerprint density at radius 2 is 2.26 bits per heavy atom. The van der Waals surface area contributed by atoms with Gasteiger partial charge in [-0.3, -0.25) is 4.99 Å². The van der Waals surface area contributed by atoms with Gasteiger partial charge in [-0.15, -0.1) is 0 Å². The standard InChI is InChI=1S/C15H17NO3/c1-16-8-9-3-6-12(18-2)15-14(9)11-5-4-10(17)7-13(11)19-15/h3-6,8,10-11,13,17H,7H2,1-2H3/b16-8+/t10-,11?,13-/m0/s1. The number of ether oxygens (including phenoxy) is 2. The molecule has 1 aliphatic carbocycles. The van der Waals surface area contributed by atoms with Crippen LogP contribution < -0.4 is 9.47 Å². The van der Waals surface area contributed by atoms with Gasteiger partial charge in [0.2, 0.25) is 0 Å². The van der Waals surface area contributed by atoms with E-state index in [1.165, 1.54) is 0 Å². The molecule has 3 atom stereocenters. The third-order valence-electron chi connectivity index (χ3n) is 3.70. The molecule has 4 heteroatoms. The molecule has 19 heavy (non-hydrogen) atoms. The van der Waals surface area contributed by atoms with Crippen molar-refractivity contribution in [3.05, 3.63) is 35.4 Å². The molecule has 100 valence electrons. The number of aliphatic imine (C=N–C) groups is 1. The number of benzene rings is 1. The summed E-state index contributed by atoms with van der Waals surface area (Å²) >= 11 is 0. The molecule has 1 heterocycles. The SMILES string of the molecule is C/N=C/c1ccc(OC)c2c1C1C=C[C@H](O)C[C@@H]1O2. The van der Waals surface area contributed by atoms with Crippen molar-refractivity contribution in [2.75, 3.05) is 14.2 Å². The maximum Gasteiger partial charge on any atom is 0.166 e. The third-order valence-corrected chi connectivity index (χ3v) is 3.70. The summed E-state index contributed by atoms with van der Waals surface area (Å²) in [6.07, 6.45) is 5.87. The quantitative estimate of drug-likeness (QED) is 0.652. The molecule has 0 amide bonds. The van der Waals surface area contributed by atoms with Crippen LogP contribution in [0.2, 0.25) is 0 Å². The Bertz CT molecular complexity index is 551. The summed E-state index contributed by atoms with van der Waals surface area (Å²) in [7, 11) is 3.39. The second kappa shape index (κ2) is 4.70. The summed E-state index contributed by atoms with van der Waals surface area (Å²) in [4.78, 5) is 4.10. The first-order chi connectivity index (χ1) is 9.24. The molecule has 0 fully saturated rings. The lowest BCUT2D eigenvalue weighted by Crippen LogP contribution is -2.27. The van der Waals surface area contributed by atoms with Gasteiger partial charge in [0.05, 0.1) is 13.2 Å². The Hall–Kier alpha value is -1.81. The Kier molecular flexibility index (Phi) is 3.03. The molecular weight excluding hydrogens is 242 g/mol. The number of rotatable bonds is 2. The number of methoxy groups -OCH3 is 1. The Balaban J connectivity index is 2.13. The van der Waals surface area contributed by atoms with E-state index in [9.17, 15) is 5.11 Å². The highest BCUT2D eigenvalue weighted by Gasteiger charge is 2.39. The molecule has 1 aliphatic heterocycles. The zero-order chi connectivity index (χ0) is 13.4. The van der Waals surface area contributed by atoms with Crippen LogP contribution in [0, 0.1) is 0 Å². The number of nitrogens with zero attached hydrogens (tertiary/aromatic N) is 1. The molecule has 0 spiro atoms. The minimum absolute atomic E-state index is 0.0182. The van der Waals surface area contributed by atoms with Crippen molar-refractivity contribution in [2.24, 2.45) is 4.99 Å². The van der Waals surface area contributed by atoms with Crippen molar-refractivity contribution in [1.82, 2.24) is 0 Å². The fourth-order valence-electron chi connectivity index (χ4n) is 2.86. The maximum atomic E-state index is 9.71. The van der Waals surface area contributed by atoms with Crippen LogP contribution in [0.15, 0.2) is 29.3 Å². The molecular formula is C15H17NO3. The predicted octanol–water partition coefficient (Wildman–Crippen LogP) is 1.91. The largest absolute Gasteiger partial charge is 0.493 e. The van der Waals surface area contributed by atoms with Gasteiger partial charge in [0.1, 0.15) is 6.10 Å². The second-order valence-electron chi connectivity index (χ2n) is 4.86. The third kappa shape index (κ3) is 1.92. The van der Waals surface area contributed by atoms with Crippen LogP contribution in [-0.2, 0) is 0 Å².